The zero-order valence-corrected chi connectivity index (χ0v) is 16.7. The Balaban J connectivity index is 1.90. The molecule has 0 aliphatic heterocycles. The Hall–Kier alpha value is -3.40. The van der Waals surface area contributed by atoms with Gasteiger partial charge in [0.2, 0.25) is 0 Å². The quantitative estimate of drug-likeness (QED) is 0.521. The van der Waals surface area contributed by atoms with Crippen LogP contribution in [-0.2, 0) is 10.0 Å². The number of sulfonamides is 1. The Morgan fingerprint density at radius 2 is 1.90 bits per heavy atom. The van der Waals surface area contributed by atoms with Gasteiger partial charge in [0.25, 0.3) is 15.7 Å². The fourth-order valence-corrected chi connectivity index (χ4v) is 3.92. The minimum atomic E-state index is -4.06. The van der Waals surface area contributed by atoms with Crippen LogP contribution >= 0.6 is 0 Å². The van der Waals surface area contributed by atoms with Crippen LogP contribution < -0.4 is 14.9 Å². The maximum absolute atomic E-state index is 12.7. The van der Waals surface area contributed by atoms with Crippen molar-refractivity contribution >= 4 is 32.8 Å². The lowest BCUT2D eigenvalue weighted by molar-refractivity contribution is -0.384. The summed E-state index contributed by atoms with van der Waals surface area (Å²) in [5.74, 6) is 0.333. The van der Waals surface area contributed by atoms with Gasteiger partial charge in [0, 0.05) is 6.07 Å². The number of methoxy groups -OCH3 is 1. The normalized spacial score (nSPS) is 15.1. The molecule has 0 heterocycles. The molecule has 0 atom stereocenters. The van der Waals surface area contributed by atoms with Gasteiger partial charge < -0.3 is 4.74 Å². The van der Waals surface area contributed by atoms with Gasteiger partial charge in [-0.25, -0.2) is 8.42 Å². The number of hydrazone groups is 1. The van der Waals surface area contributed by atoms with Crippen molar-refractivity contribution in [1.29, 1.82) is 0 Å². The summed E-state index contributed by atoms with van der Waals surface area (Å²) in [6.45, 7) is 1.99. The maximum atomic E-state index is 12.7. The molecule has 2 aromatic carbocycles. The molecule has 0 unspecified atom stereocenters. The van der Waals surface area contributed by atoms with E-state index in [0.717, 1.165) is 24.6 Å². The third kappa shape index (κ3) is 4.72. The summed E-state index contributed by atoms with van der Waals surface area (Å²) in [6, 6.07) is 10.1. The summed E-state index contributed by atoms with van der Waals surface area (Å²) < 4.78 is 32.9. The molecule has 2 N–H and O–H groups in total. The largest absolute Gasteiger partial charge is 0.495 e. The monoisotopic (exact) mass is 416 g/mol. The molecule has 2 aromatic rings. The van der Waals surface area contributed by atoms with E-state index in [9.17, 15) is 18.5 Å². The smallest absolute Gasteiger partial charge is 0.295 e. The third-order valence-electron chi connectivity index (χ3n) is 4.34. The summed E-state index contributed by atoms with van der Waals surface area (Å²) in [7, 11) is -2.65. The van der Waals surface area contributed by atoms with Crippen LogP contribution in [0.25, 0.3) is 0 Å². The van der Waals surface area contributed by atoms with E-state index in [-0.39, 0.29) is 16.3 Å². The van der Waals surface area contributed by atoms with Crippen molar-refractivity contribution in [3.8, 4) is 5.75 Å². The van der Waals surface area contributed by atoms with E-state index in [1.54, 1.807) is 18.2 Å². The number of nitrogens with zero attached hydrogens (tertiary/aromatic N) is 2. The Morgan fingerprint density at radius 3 is 2.55 bits per heavy atom. The molecule has 0 amide bonds. The van der Waals surface area contributed by atoms with Crippen LogP contribution in [0.15, 0.2) is 64.1 Å². The lowest BCUT2D eigenvalue weighted by atomic mass is 10.3. The number of hydrogen-bond donors (Lipinski definition) is 2. The molecular formula is C19H20N4O5S. The summed E-state index contributed by atoms with van der Waals surface area (Å²) in [6.07, 6.45) is 3.56. The van der Waals surface area contributed by atoms with Crippen LogP contribution in [-0.4, -0.2) is 26.2 Å². The first-order valence-electron chi connectivity index (χ1n) is 8.74. The third-order valence-corrected chi connectivity index (χ3v) is 5.70. The van der Waals surface area contributed by atoms with E-state index >= 15 is 0 Å². The van der Waals surface area contributed by atoms with E-state index in [1.807, 2.05) is 13.0 Å². The molecule has 0 bridgehead atoms. The molecule has 3 rings (SSSR count). The number of allylic oxidation sites excluding steroid dienone is 2. The number of nitro benzene ring substituents is 1. The summed E-state index contributed by atoms with van der Waals surface area (Å²) >= 11 is 0. The van der Waals surface area contributed by atoms with Crippen molar-refractivity contribution in [2.24, 2.45) is 5.10 Å². The van der Waals surface area contributed by atoms with Crippen molar-refractivity contribution < 1.29 is 18.1 Å². The van der Waals surface area contributed by atoms with Gasteiger partial charge in [0.05, 0.1) is 28.3 Å². The van der Waals surface area contributed by atoms with Crippen LogP contribution in [0.3, 0.4) is 0 Å². The fourth-order valence-electron chi connectivity index (χ4n) is 2.83. The van der Waals surface area contributed by atoms with Crippen LogP contribution in [0, 0.1) is 10.1 Å². The number of rotatable bonds is 7. The highest BCUT2D eigenvalue weighted by Gasteiger charge is 2.22. The van der Waals surface area contributed by atoms with Gasteiger partial charge in [-0.1, -0.05) is 17.7 Å². The first kappa shape index (κ1) is 20.3. The van der Waals surface area contributed by atoms with Crippen molar-refractivity contribution in [3.63, 3.8) is 0 Å². The predicted molar refractivity (Wildman–Crippen MR) is 111 cm³/mol. The minimum absolute atomic E-state index is 0.108. The van der Waals surface area contributed by atoms with Crippen molar-refractivity contribution in [2.45, 2.75) is 24.7 Å². The number of para-hydroxylation sites is 2. The first-order valence-corrected chi connectivity index (χ1v) is 10.2. The predicted octanol–water partition coefficient (Wildman–Crippen LogP) is 3.91. The van der Waals surface area contributed by atoms with Gasteiger partial charge in [-0.15, -0.1) is 0 Å². The van der Waals surface area contributed by atoms with Gasteiger partial charge >= 0.3 is 0 Å². The number of ether oxygens (including phenoxy) is 1. The average molecular weight is 416 g/mol. The van der Waals surface area contributed by atoms with Gasteiger partial charge in [-0.05, 0) is 50.1 Å². The zero-order chi connectivity index (χ0) is 21.0. The van der Waals surface area contributed by atoms with Gasteiger partial charge in [0.15, 0.2) is 0 Å². The number of nitrogens with one attached hydrogen (secondary N) is 2. The van der Waals surface area contributed by atoms with E-state index in [1.165, 1.54) is 30.9 Å². The fraction of sp³-hybridized carbons (Fsp3) is 0.211. The van der Waals surface area contributed by atoms with Gasteiger partial charge in [-0.3, -0.25) is 20.3 Å². The molecule has 0 fully saturated rings. The second kappa shape index (κ2) is 8.31. The second-order valence-corrected chi connectivity index (χ2v) is 8.13. The molecule has 9 nitrogen and oxygen atoms in total. The van der Waals surface area contributed by atoms with Crippen molar-refractivity contribution in [2.75, 3.05) is 17.3 Å². The van der Waals surface area contributed by atoms with E-state index in [4.69, 9.17) is 4.74 Å². The molecular weight excluding hydrogens is 396 g/mol. The summed E-state index contributed by atoms with van der Waals surface area (Å²) in [5.41, 5.74) is 4.58. The number of benzene rings is 2. The molecule has 1 aliphatic carbocycles. The van der Waals surface area contributed by atoms with E-state index in [2.05, 4.69) is 15.2 Å². The average Bonchev–Trinajstić information content (AvgIpc) is 3.11. The van der Waals surface area contributed by atoms with E-state index < -0.39 is 20.6 Å². The van der Waals surface area contributed by atoms with Gasteiger partial charge in [-0.2, -0.15) is 5.10 Å². The molecule has 1 aliphatic rings. The van der Waals surface area contributed by atoms with Crippen molar-refractivity contribution in [1.82, 2.24) is 0 Å². The molecule has 0 spiro atoms. The lowest BCUT2D eigenvalue weighted by Crippen LogP contribution is -2.14. The molecule has 0 saturated heterocycles. The Bertz CT molecular complexity index is 1110. The van der Waals surface area contributed by atoms with Crippen LogP contribution in [0.5, 0.6) is 5.75 Å². The topological polar surface area (TPSA) is 123 Å². The zero-order valence-electron chi connectivity index (χ0n) is 15.9. The van der Waals surface area contributed by atoms with Crippen molar-refractivity contribution in [3.05, 3.63) is 64.2 Å². The number of hydrogen-bond acceptors (Lipinski definition) is 7. The molecule has 0 radical (unpaired) electrons. The van der Waals surface area contributed by atoms with Crippen LogP contribution in [0.4, 0.5) is 17.1 Å². The number of anilines is 2. The Kier molecular flexibility index (Phi) is 5.83. The Morgan fingerprint density at radius 1 is 1.14 bits per heavy atom. The first-order chi connectivity index (χ1) is 13.8. The molecule has 10 heteroatoms. The Labute approximate surface area is 168 Å². The van der Waals surface area contributed by atoms with E-state index in [0.29, 0.717) is 5.75 Å². The highest BCUT2D eigenvalue weighted by molar-refractivity contribution is 7.92. The SMILES string of the molecule is COc1ccccc1NS(=O)(=O)c1ccc(N/N=C2\C=C(C)CC2)c([N+](=O)[O-])c1. The summed E-state index contributed by atoms with van der Waals surface area (Å²) in [4.78, 5) is 10.6. The van der Waals surface area contributed by atoms with Crippen LogP contribution in [0.1, 0.15) is 19.8 Å². The van der Waals surface area contributed by atoms with Gasteiger partial charge in [0.1, 0.15) is 11.4 Å². The second-order valence-electron chi connectivity index (χ2n) is 6.45. The molecule has 0 aromatic heterocycles. The molecule has 152 valence electrons. The molecule has 0 saturated carbocycles. The maximum Gasteiger partial charge on any atom is 0.295 e. The standard InChI is InChI=1S/C19H20N4O5S/c1-13-7-8-14(11-13)20-21-16-10-9-15(12-18(16)23(24)25)29(26,27)22-17-5-3-4-6-19(17)28-2/h3-6,9-12,21-22H,7-8H2,1-2H3/b20-14-. The highest BCUT2D eigenvalue weighted by Crippen LogP contribution is 2.31. The lowest BCUT2D eigenvalue weighted by Gasteiger charge is -2.12. The minimum Gasteiger partial charge on any atom is -0.495 e. The number of nitro groups is 1. The van der Waals surface area contributed by atoms with Crippen LogP contribution in [0.2, 0.25) is 0 Å². The molecule has 29 heavy (non-hydrogen) atoms. The highest BCUT2D eigenvalue weighted by atomic mass is 32.2. The summed E-state index contributed by atoms with van der Waals surface area (Å²) in [5, 5.41) is 15.7.